The summed E-state index contributed by atoms with van der Waals surface area (Å²) in [4.78, 5) is 21.6. The van der Waals surface area contributed by atoms with Crippen LogP contribution in [0.3, 0.4) is 0 Å². The quantitative estimate of drug-likeness (QED) is 0.735. The zero-order valence-corrected chi connectivity index (χ0v) is 16.8. The summed E-state index contributed by atoms with van der Waals surface area (Å²) in [5, 5.41) is 10.8. The minimum Gasteiger partial charge on any atom is -0.334 e. The summed E-state index contributed by atoms with van der Waals surface area (Å²) in [6, 6.07) is 6.26. The summed E-state index contributed by atoms with van der Waals surface area (Å²) in [6.07, 6.45) is 1.95. The molecule has 0 spiro atoms. The van der Waals surface area contributed by atoms with Crippen molar-refractivity contribution in [2.24, 2.45) is 7.05 Å². The summed E-state index contributed by atoms with van der Waals surface area (Å²) in [5.74, 6) is 0.0897. The third kappa shape index (κ3) is 3.26. The first kappa shape index (κ1) is 18.1. The molecule has 7 heteroatoms. The van der Waals surface area contributed by atoms with Crippen molar-refractivity contribution in [3.8, 4) is 10.6 Å². The number of rotatable bonds is 5. The normalized spacial score (nSPS) is 16.9. The average Bonchev–Trinajstić information content (AvgIpc) is 3.41. The second-order valence-electron chi connectivity index (χ2n) is 7.09. The second kappa shape index (κ2) is 7.40. The molecule has 1 fully saturated rings. The van der Waals surface area contributed by atoms with Crippen molar-refractivity contribution < 1.29 is 4.79 Å². The number of thiophene rings is 1. The number of nitrogens with one attached hydrogen (secondary N) is 1. The van der Waals surface area contributed by atoms with Gasteiger partial charge in [0.25, 0.3) is 5.91 Å². The lowest BCUT2D eigenvalue weighted by atomic mass is 10.1. The van der Waals surface area contributed by atoms with Gasteiger partial charge in [-0.25, -0.2) is 4.98 Å². The monoisotopic (exact) mass is 383 g/mol. The van der Waals surface area contributed by atoms with Gasteiger partial charge in [-0.2, -0.15) is 5.10 Å². The van der Waals surface area contributed by atoms with Gasteiger partial charge in [0, 0.05) is 26.2 Å². The van der Waals surface area contributed by atoms with Crippen molar-refractivity contribution in [1.29, 1.82) is 0 Å². The minimum atomic E-state index is 0.0897. The van der Waals surface area contributed by atoms with Crippen LogP contribution in [0.25, 0.3) is 21.6 Å². The molecule has 1 saturated heterocycles. The molecule has 1 N–H and O–H groups in total. The van der Waals surface area contributed by atoms with Crippen molar-refractivity contribution in [1.82, 2.24) is 25.0 Å². The van der Waals surface area contributed by atoms with Crippen LogP contribution < -0.4 is 5.32 Å². The fourth-order valence-corrected chi connectivity index (χ4v) is 4.60. The molecular formula is C20H25N5OS. The van der Waals surface area contributed by atoms with Gasteiger partial charge in [-0.15, -0.1) is 11.3 Å². The number of carbonyl (C=O) groups excluding carboxylic acids is 1. The van der Waals surface area contributed by atoms with Gasteiger partial charge in [-0.1, -0.05) is 13.0 Å². The van der Waals surface area contributed by atoms with E-state index in [2.05, 4.69) is 17.3 Å². The molecule has 27 heavy (non-hydrogen) atoms. The Bertz CT molecular complexity index is 957. The Morgan fingerprint density at radius 1 is 1.48 bits per heavy atom. The summed E-state index contributed by atoms with van der Waals surface area (Å²) in [6.45, 7) is 6.67. The van der Waals surface area contributed by atoms with Crippen LogP contribution in [-0.4, -0.2) is 51.2 Å². The van der Waals surface area contributed by atoms with Crippen LogP contribution in [0.1, 0.15) is 35.8 Å². The van der Waals surface area contributed by atoms with Crippen LogP contribution in [-0.2, 0) is 7.05 Å². The number of carbonyl (C=O) groups is 1. The van der Waals surface area contributed by atoms with E-state index in [1.807, 2.05) is 42.5 Å². The van der Waals surface area contributed by atoms with Gasteiger partial charge in [-0.05, 0) is 43.8 Å². The number of hydrogen-bond acceptors (Lipinski definition) is 5. The molecule has 0 aromatic carbocycles. The number of hydrogen-bond donors (Lipinski definition) is 1. The first-order chi connectivity index (χ1) is 13.1. The Hall–Kier alpha value is -2.25. The van der Waals surface area contributed by atoms with Gasteiger partial charge in [0.05, 0.1) is 27.2 Å². The highest BCUT2D eigenvalue weighted by Gasteiger charge is 2.29. The molecule has 0 bridgehead atoms. The number of aryl methyl sites for hydroxylation is 2. The Labute approximate surface area is 163 Å². The van der Waals surface area contributed by atoms with Gasteiger partial charge < -0.3 is 10.2 Å². The van der Waals surface area contributed by atoms with E-state index in [1.54, 1.807) is 16.0 Å². The predicted octanol–water partition coefficient (Wildman–Crippen LogP) is 3.22. The molecule has 6 nitrogen and oxygen atoms in total. The smallest absolute Gasteiger partial charge is 0.255 e. The Morgan fingerprint density at radius 3 is 3.00 bits per heavy atom. The average molecular weight is 384 g/mol. The van der Waals surface area contributed by atoms with Gasteiger partial charge in [-0.3, -0.25) is 9.48 Å². The third-order valence-electron chi connectivity index (χ3n) is 5.17. The van der Waals surface area contributed by atoms with E-state index in [-0.39, 0.29) is 11.9 Å². The molecule has 142 valence electrons. The first-order valence-electron chi connectivity index (χ1n) is 9.50. The minimum absolute atomic E-state index is 0.0897. The van der Waals surface area contributed by atoms with Crippen LogP contribution in [0.5, 0.6) is 0 Å². The molecule has 0 aliphatic carbocycles. The fraction of sp³-hybridized carbons (Fsp3) is 0.450. The zero-order valence-electron chi connectivity index (χ0n) is 16.0. The van der Waals surface area contributed by atoms with Crippen LogP contribution in [0, 0.1) is 6.92 Å². The van der Waals surface area contributed by atoms with Gasteiger partial charge in [0.1, 0.15) is 0 Å². The maximum absolute atomic E-state index is 13.7. The molecule has 4 heterocycles. The number of fused-ring (bicyclic) bond motifs is 1. The van der Waals surface area contributed by atoms with E-state index in [4.69, 9.17) is 4.98 Å². The second-order valence-corrected chi connectivity index (χ2v) is 8.03. The summed E-state index contributed by atoms with van der Waals surface area (Å²) < 4.78 is 1.78. The molecule has 1 atom stereocenters. The number of nitrogens with zero attached hydrogens (tertiary/aromatic N) is 4. The topological polar surface area (TPSA) is 63.1 Å². The maximum Gasteiger partial charge on any atom is 0.255 e. The molecule has 1 unspecified atom stereocenters. The van der Waals surface area contributed by atoms with Crippen LogP contribution in [0.2, 0.25) is 0 Å². The van der Waals surface area contributed by atoms with Crippen molar-refractivity contribution in [2.75, 3.05) is 19.6 Å². The SMILES string of the molecule is CCCN(C(=O)c1cc(-c2cccs2)nc2c1c(C)nn2C)C1CCNC1. The van der Waals surface area contributed by atoms with Crippen molar-refractivity contribution in [3.05, 3.63) is 34.8 Å². The third-order valence-corrected chi connectivity index (χ3v) is 6.07. The number of aromatic nitrogens is 3. The highest BCUT2D eigenvalue weighted by molar-refractivity contribution is 7.13. The van der Waals surface area contributed by atoms with Crippen molar-refractivity contribution in [2.45, 2.75) is 32.7 Å². The predicted molar refractivity (Wildman–Crippen MR) is 109 cm³/mol. The maximum atomic E-state index is 13.7. The molecule has 1 aliphatic heterocycles. The summed E-state index contributed by atoms with van der Waals surface area (Å²) in [5.41, 5.74) is 3.17. The standard InChI is InChI=1S/C20H25N5OS/c1-4-9-25(14-7-8-21-12-14)20(26)15-11-16(17-6-5-10-27-17)22-19-18(15)13(2)23-24(19)3/h5-6,10-11,14,21H,4,7-9,12H2,1-3H3. The lowest BCUT2D eigenvalue weighted by Crippen LogP contribution is -2.42. The summed E-state index contributed by atoms with van der Waals surface area (Å²) >= 11 is 1.63. The van der Waals surface area contributed by atoms with E-state index in [1.165, 1.54) is 0 Å². The van der Waals surface area contributed by atoms with Gasteiger partial charge in [0.15, 0.2) is 5.65 Å². The Balaban J connectivity index is 1.86. The van der Waals surface area contributed by atoms with Gasteiger partial charge >= 0.3 is 0 Å². The lowest BCUT2D eigenvalue weighted by molar-refractivity contribution is 0.0694. The van der Waals surface area contributed by atoms with E-state index in [0.717, 1.165) is 59.8 Å². The molecular weight excluding hydrogens is 358 g/mol. The molecule has 1 amide bonds. The number of pyridine rings is 1. The number of amides is 1. The highest BCUT2D eigenvalue weighted by Crippen LogP contribution is 2.30. The largest absolute Gasteiger partial charge is 0.334 e. The Morgan fingerprint density at radius 2 is 2.33 bits per heavy atom. The molecule has 4 rings (SSSR count). The van der Waals surface area contributed by atoms with Gasteiger partial charge in [0.2, 0.25) is 0 Å². The van der Waals surface area contributed by atoms with Crippen molar-refractivity contribution >= 4 is 28.3 Å². The molecule has 1 aliphatic rings. The van der Waals surface area contributed by atoms with Crippen LogP contribution in [0.4, 0.5) is 0 Å². The molecule has 3 aromatic heterocycles. The van der Waals surface area contributed by atoms with E-state index in [9.17, 15) is 4.79 Å². The van der Waals surface area contributed by atoms with Crippen molar-refractivity contribution in [3.63, 3.8) is 0 Å². The van der Waals surface area contributed by atoms with E-state index < -0.39 is 0 Å². The molecule has 0 saturated carbocycles. The first-order valence-corrected chi connectivity index (χ1v) is 10.4. The van der Waals surface area contributed by atoms with Crippen LogP contribution in [0.15, 0.2) is 23.6 Å². The Kier molecular flexibility index (Phi) is 4.97. The summed E-state index contributed by atoms with van der Waals surface area (Å²) in [7, 11) is 1.89. The fourth-order valence-electron chi connectivity index (χ4n) is 3.92. The highest BCUT2D eigenvalue weighted by atomic mass is 32.1. The van der Waals surface area contributed by atoms with E-state index >= 15 is 0 Å². The van der Waals surface area contributed by atoms with Crippen LogP contribution >= 0.6 is 11.3 Å². The van der Waals surface area contributed by atoms with E-state index in [0.29, 0.717) is 5.56 Å². The lowest BCUT2D eigenvalue weighted by Gasteiger charge is -2.28. The molecule has 3 aromatic rings. The zero-order chi connectivity index (χ0) is 19.0. The molecule has 0 radical (unpaired) electrons.